The summed E-state index contributed by atoms with van der Waals surface area (Å²) >= 11 is 0. The Morgan fingerprint density at radius 3 is 2.71 bits per heavy atom. The number of nitrogens with one attached hydrogen (secondary N) is 1. The maximum absolute atomic E-state index is 13.9. The first kappa shape index (κ1) is 23.4. The topological polar surface area (TPSA) is 83.2 Å². The lowest BCUT2D eigenvalue weighted by Gasteiger charge is -2.20. The molecule has 0 aliphatic carbocycles. The molecule has 0 amide bonds. The van der Waals surface area contributed by atoms with E-state index in [9.17, 15) is 22.0 Å². The lowest BCUT2D eigenvalue weighted by atomic mass is 10.0. The van der Waals surface area contributed by atoms with Crippen LogP contribution in [-0.4, -0.2) is 56.9 Å². The maximum atomic E-state index is 13.9. The summed E-state index contributed by atoms with van der Waals surface area (Å²) in [5.41, 5.74) is -0.234. The van der Waals surface area contributed by atoms with Crippen LogP contribution >= 0.6 is 0 Å². The Bertz CT molecular complexity index is 1170. The van der Waals surface area contributed by atoms with Crippen molar-refractivity contribution < 1.29 is 26.4 Å². The first-order valence-corrected chi connectivity index (χ1v) is 11.1. The quantitative estimate of drug-likeness (QED) is 0.502. The Kier molecular flexibility index (Phi) is 6.03. The average Bonchev–Trinajstić information content (AvgIpc) is 3.55. The fraction of sp³-hybridized carbons (Fsp3) is 0.455. The van der Waals surface area contributed by atoms with Crippen molar-refractivity contribution in [3.63, 3.8) is 0 Å². The summed E-state index contributed by atoms with van der Waals surface area (Å²) in [6.07, 6.45) is -0.0132. The Labute approximate surface area is 197 Å². The molecule has 186 valence electrons. The molecule has 2 aliphatic heterocycles. The average molecular weight is 495 g/mol. The first-order chi connectivity index (χ1) is 16.6. The van der Waals surface area contributed by atoms with Crippen molar-refractivity contribution in [3.05, 3.63) is 54.0 Å². The highest BCUT2D eigenvalue weighted by Gasteiger charge is 2.40. The Morgan fingerprint density at radius 1 is 1.14 bits per heavy atom. The number of nitrogens with zero attached hydrogens (tertiary/aromatic N) is 6. The molecule has 2 saturated heterocycles. The third-order valence-corrected chi connectivity index (χ3v) is 6.08. The van der Waals surface area contributed by atoms with Crippen LogP contribution in [0.25, 0.3) is 0 Å². The molecule has 0 bridgehead atoms. The number of anilines is 3. The van der Waals surface area contributed by atoms with Crippen molar-refractivity contribution in [1.29, 1.82) is 0 Å². The number of pyridine rings is 1. The molecular weight excluding hydrogens is 473 g/mol. The van der Waals surface area contributed by atoms with E-state index in [0.29, 0.717) is 18.8 Å². The monoisotopic (exact) mass is 495 g/mol. The van der Waals surface area contributed by atoms with E-state index in [1.807, 2.05) is 0 Å². The molecule has 0 saturated carbocycles. The molecular formula is C22H22F5N7O. The molecule has 2 aliphatic rings. The van der Waals surface area contributed by atoms with Crippen LogP contribution in [0.1, 0.15) is 35.8 Å². The van der Waals surface area contributed by atoms with Gasteiger partial charge in [0.05, 0.1) is 30.5 Å². The third kappa shape index (κ3) is 5.50. The molecule has 0 radical (unpaired) electrons. The summed E-state index contributed by atoms with van der Waals surface area (Å²) in [7, 11) is 0. The molecule has 1 unspecified atom stereocenters. The third-order valence-electron chi connectivity index (χ3n) is 6.08. The fourth-order valence-corrected chi connectivity index (χ4v) is 4.34. The van der Waals surface area contributed by atoms with Crippen molar-refractivity contribution >= 4 is 17.6 Å². The molecule has 0 spiro atoms. The Hall–Kier alpha value is -3.35. The van der Waals surface area contributed by atoms with Gasteiger partial charge in [-0.1, -0.05) is 0 Å². The maximum Gasteiger partial charge on any atom is 0.416 e. The zero-order chi connectivity index (χ0) is 24.6. The highest BCUT2D eigenvalue weighted by atomic mass is 19.4. The smallest absolute Gasteiger partial charge is 0.416 e. The minimum Gasteiger partial charge on any atom is -0.447 e. The number of alkyl halides is 5. The first-order valence-electron chi connectivity index (χ1n) is 11.1. The number of rotatable bonds is 6. The second kappa shape index (κ2) is 9.02. The normalized spacial score (nSPS) is 20.5. The minimum absolute atomic E-state index is 0.0159. The number of likely N-dealkylation sites (tertiary alicyclic amines) is 1. The molecule has 13 heteroatoms. The number of oxazole rings is 1. The molecule has 5 heterocycles. The van der Waals surface area contributed by atoms with Gasteiger partial charge in [0, 0.05) is 37.7 Å². The molecule has 1 N–H and O–H groups in total. The number of halogens is 5. The highest BCUT2D eigenvalue weighted by molar-refractivity contribution is 5.55. The summed E-state index contributed by atoms with van der Waals surface area (Å²) in [5.74, 6) is -1.88. The van der Waals surface area contributed by atoms with Crippen molar-refractivity contribution in [2.75, 3.05) is 36.4 Å². The molecule has 5 rings (SSSR count). The van der Waals surface area contributed by atoms with Crippen LogP contribution in [0.15, 0.2) is 41.4 Å². The Morgan fingerprint density at radius 2 is 2.00 bits per heavy atom. The van der Waals surface area contributed by atoms with Gasteiger partial charge >= 0.3 is 6.18 Å². The van der Waals surface area contributed by atoms with Gasteiger partial charge in [0.2, 0.25) is 5.95 Å². The molecule has 3 aromatic heterocycles. The lowest BCUT2D eigenvalue weighted by molar-refractivity contribution is -0.137. The van der Waals surface area contributed by atoms with E-state index >= 15 is 0 Å². The van der Waals surface area contributed by atoms with Gasteiger partial charge in [-0.25, -0.2) is 23.7 Å². The van der Waals surface area contributed by atoms with Gasteiger partial charge in [-0.15, -0.1) is 0 Å². The van der Waals surface area contributed by atoms with Crippen molar-refractivity contribution in [1.82, 2.24) is 24.8 Å². The van der Waals surface area contributed by atoms with Gasteiger partial charge in [0.1, 0.15) is 17.4 Å². The van der Waals surface area contributed by atoms with Gasteiger partial charge in [-0.05, 0) is 25.1 Å². The predicted molar refractivity (Wildman–Crippen MR) is 115 cm³/mol. The zero-order valence-electron chi connectivity index (χ0n) is 18.5. The largest absolute Gasteiger partial charge is 0.447 e. The molecule has 35 heavy (non-hydrogen) atoms. The molecule has 1 atom stereocenters. The van der Waals surface area contributed by atoms with Gasteiger partial charge in [0.25, 0.3) is 5.92 Å². The second-order valence-corrected chi connectivity index (χ2v) is 8.75. The summed E-state index contributed by atoms with van der Waals surface area (Å²) in [5, 5.41) is 2.80. The van der Waals surface area contributed by atoms with Crippen LogP contribution in [-0.2, 0) is 12.7 Å². The number of aromatic nitrogens is 4. The van der Waals surface area contributed by atoms with E-state index in [4.69, 9.17) is 4.42 Å². The van der Waals surface area contributed by atoms with Crippen LogP contribution < -0.4 is 10.2 Å². The number of hydrogen-bond donors (Lipinski definition) is 1. The molecule has 0 aromatic carbocycles. The fourth-order valence-electron chi connectivity index (χ4n) is 4.34. The number of hydrogen-bond acceptors (Lipinski definition) is 8. The predicted octanol–water partition coefficient (Wildman–Crippen LogP) is 4.46. The lowest BCUT2D eigenvalue weighted by Crippen LogP contribution is -2.27. The van der Waals surface area contributed by atoms with Crippen molar-refractivity contribution in [3.8, 4) is 0 Å². The summed E-state index contributed by atoms with van der Waals surface area (Å²) in [4.78, 5) is 20.3. The van der Waals surface area contributed by atoms with Crippen LogP contribution in [0.4, 0.5) is 39.5 Å². The zero-order valence-corrected chi connectivity index (χ0v) is 18.5. The molecule has 8 nitrogen and oxygen atoms in total. The van der Waals surface area contributed by atoms with Crippen LogP contribution in [0.2, 0.25) is 0 Å². The summed E-state index contributed by atoms with van der Waals surface area (Å²) in [6, 6.07) is 3.39. The van der Waals surface area contributed by atoms with Crippen LogP contribution in [0.5, 0.6) is 0 Å². The van der Waals surface area contributed by atoms with Gasteiger partial charge in [0.15, 0.2) is 6.39 Å². The van der Waals surface area contributed by atoms with E-state index in [2.05, 4.69) is 30.2 Å². The van der Waals surface area contributed by atoms with E-state index in [0.717, 1.165) is 37.1 Å². The van der Waals surface area contributed by atoms with Gasteiger partial charge in [-0.2, -0.15) is 18.2 Å². The van der Waals surface area contributed by atoms with Gasteiger partial charge < -0.3 is 14.6 Å². The second-order valence-electron chi connectivity index (χ2n) is 8.75. The van der Waals surface area contributed by atoms with Crippen molar-refractivity contribution in [2.45, 2.75) is 37.4 Å². The van der Waals surface area contributed by atoms with E-state index in [-0.39, 0.29) is 36.5 Å². The standard InChI is InChI=1S/C22H22F5N7O/c23-21(24)3-6-34(12-21)20-30-17(14-2-5-33(10-14)11-16-9-28-13-35-16)8-19(32-20)31-18-7-15(1-4-29-18)22(25,26)27/h1,4,7-9,13-14H,2-3,5-6,10-12H2,(H,29,30,31,32). The molecule has 3 aromatic rings. The van der Waals surface area contributed by atoms with E-state index < -0.39 is 24.2 Å². The summed E-state index contributed by atoms with van der Waals surface area (Å²) in [6.45, 7) is 1.56. The van der Waals surface area contributed by atoms with E-state index in [1.54, 1.807) is 12.3 Å². The van der Waals surface area contributed by atoms with Crippen LogP contribution in [0.3, 0.4) is 0 Å². The molecule has 2 fully saturated rings. The minimum atomic E-state index is -4.53. The Balaban J connectivity index is 1.41. The SMILES string of the molecule is FC1(F)CCN(c2nc(Nc3cc(C(F)(F)F)ccn3)cc(C3CCN(Cc4cnco4)C3)n2)C1. The highest BCUT2D eigenvalue weighted by Crippen LogP contribution is 2.34. The van der Waals surface area contributed by atoms with Gasteiger partial charge in [-0.3, -0.25) is 4.90 Å². The van der Waals surface area contributed by atoms with E-state index in [1.165, 1.54) is 11.3 Å². The van der Waals surface area contributed by atoms with Crippen molar-refractivity contribution in [2.24, 2.45) is 0 Å². The summed E-state index contributed by atoms with van der Waals surface area (Å²) < 4.78 is 72.4. The van der Waals surface area contributed by atoms with Crippen LogP contribution in [0, 0.1) is 0 Å².